The van der Waals surface area contributed by atoms with Gasteiger partial charge in [0.05, 0.1) is 5.54 Å². The van der Waals surface area contributed by atoms with Crippen molar-refractivity contribution >= 4 is 17.0 Å². The summed E-state index contributed by atoms with van der Waals surface area (Å²) in [5, 5.41) is 14.0. The number of phenols is 1. The molecule has 2 N–H and O–H groups in total. The second-order valence-electron chi connectivity index (χ2n) is 10.5. The number of imidazole rings is 1. The number of hydrogen-bond acceptors (Lipinski definition) is 7. The summed E-state index contributed by atoms with van der Waals surface area (Å²) < 4.78 is 7.94. The molecule has 0 bridgehead atoms. The number of pyridine rings is 1. The second-order valence-corrected chi connectivity index (χ2v) is 10.5. The number of ether oxygens (including phenoxy) is 1. The summed E-state index contributed by atoms with van der Waals surface area (Å²) in [4.78, 5) is 18.8. The first kappa shape index (κ1) is 23.9. The first-order chi connectivity index (χ1) is 18.3. The summed E-state index contributed by atoms with van der Waals surface area (Å²) in [5.74, 6) is 1.52. The van der Waals surface area contributed by atoms with Gasteiger partial charge in [0, 0.05) is 30.1 Å². The Morgan fingerprint density at radius 2 is 1.82 bits per heavy atom. The van der Waals surface area contributed by atoms with Crippen LogP contribution in [0.1, 0.15) is 30.5 Å². The van der Waals surface area contributed by atoms with Crippen molar-refractivity contribution in [1.82, 2.24) is 24.5 Å². The van der Waals surface area contributed by atoms with Crippen molar-refractivity contribution in [3.63, 3.8) is 0 Å². The van der Waals surface area contributed by atoms with Crippen molar-refractivity contribution in [2.24, 2.45) is 0 Å². The Labute approximate surface area is 221 Å². The second kappa shape index (κ2) is 9.13. The highest BCUT2D eigenvalue weighted by atomic mass is 16.5. The topological polar surface area (TPSA) is 98.0 Å². The number of aromatic hydroxyl groups is 1. The molecule has 0 spiro atoms. The van der Waals surface area contributed by atoms with Gasteiger partial charge in [-0.05, 0) is 69.0 Å². The molecule has 0 fully saturated rings. The number of anilines is 1. The SMILES string of the molecule is Cc1cncc(-c2nc(NCCc3ccc(O)c(-c4cccc(C)c4)c3)c3nc4n(c3n2)C(C)(C)CO4)c1. The first-order valence-corrected chi connectivity index (χ1v) is 12.8. The first-order valence-electron chi connectivity index (χ1n) is 12.8. The monoisotopic (exact) mass is 506 g/mol. The van der Waals surface area contributed by atoms with Gasteiger partial charge < -0.3 is 15.2 Å². The van der Waals surface area contributed by atoms with Crippen molar-refractivity contribution in [1.29, 1.82) is 0 Å². The summed E-state index contributed by atoms with van der Waals surface area (Å²) in [7, 11) is 0. The fraction of sp³-hybridized carbons (Fsp3) is 0.267. The molecule has 1 aliphatic heterocycles. The number of fused-ring (bicyclic) bond motifs is 3. The lowest BCUT2D eigenvalue weighted by Crippen LogP contribution is -2.25. The number of aryl methyl sites for hydroxylation is 2. The molecule has 0 amide bonds. The fourth-order valence-electron chi connectivity index (χ4n) is 4.92. The maximum absolute atomic E-state index is 10.5. The van der Waals surface area contributed by atoms with Crippen molar-refractivity contribution in [2.75, 3.05) is 18.5 Å². The predicted molar refractivity (Wildman–Crippen MR) is 149 cm³/mol. The molecule has 0 aliphatic carbocycles. The van der Waals surface area contributed by atoms with Gasteiger partial charge in [-0.15, -0.1) is 0 Å². The lowest BCUT2D eigenvalue weighted by Gasteiger charge is -2.18. The molecule has 2 aromatic carbocycles. The minimum Gasteiger partial charge on any atom is -0.507 e. The average Bonchev–Trinajstić information content (AvgIpc) is 3.42. The molecule has 192 valence electrons. The number of rotatable bonds is 6. The number of nitrogens with one attached hydrogen (secondary N) is 1. The molecule has 3 aromatic heterocycles. The van der Waals surface area contributed by atoms with Crippen LogP contribution in [0.5, 0.6) is 11.8 Å². The van der Waals surface area contributed by atoms with Gasteiger partial charge in [0.15, 0.2) is 22.8 Å². The van der Waals surface area contributed by atoms with Gasteiger partial charge in [-0.3, -0.25) is 9.55 Å². The Bertz CT molecular complexity index is 1670. The lowest BCUT2D eigenvalue weighted by atomic mass is 9.99. The molecule has 8 heteroatoms. The highest BCUT2D eigenvalue weighted by molar-refractivity contribution is 5.86. The molecule has 0 atom stereocenters. The summed E-state index contributed by atoms with van der Waals surface area (Å²) in [5.41, 5.74) is 7.14. The van der Waals surface area contributed by atoms with E-state index in [-0.39, 0.29) is 11.3 Å². The van der Waals surface area contributed by atoms with Crippen LogP contribution in [-0.2, 0) is 12.0 Å². The maximum atomic E-state index is 10.5. The molecule has 0 saturated carbocycles. The molecule has 6 rings (SSSR count). The maximum Gasteiger partial charge on any atom is 0.299 e. The smallest absolute Gasteiger partial charge is 0.299 e. The number of aromatic nitrogens is 5. The van der Waals surface area contributed by atoms with Gasteiger partial charge in [0.25, 0.3) is 6.01 Å². The summed E-state index contributed by atoms with van der Waals surface area (Å²) in [6.45, 7) is 9.46. The van der Waals surface area contributed by atoms with E-state index in [2.05, 4.69) is 47.8 Å². The third-order valence-corrected chi connectivity index (χ3v) is 6.87. The summed E-state index contributed by atoms with van der Waals surface area (Å²) in [6, 6.07) is 16.5. The van der Waals surface area contributed by atoms with E-state index in [0.717, 1.165) is 45.4 Å². The molecule has 0 saturated heterocycles. The van der Waals surface area contributed by atoms with Crippen LogP contribution in [0.2, 0.25) is 0 Å². The van der Waals surface area contributed by atoms with E-state index in [4.69, 9.17) is 19.7 Å². The molecular weight excluding hydrogens is 476 g/mol. The zero-order chi connectivity index (χ0) is 26.4. The van der Waals surface area contributed by atoms with E-state index in [1.165, 1.54) is 0 Å². The van der Waals surface area contributed by atoms with Crippen molar-refractivity contribution < 1.29 is 9.84 Å². The standard InChI is InChI=1S/C30H30N6O2/c1-18-6-5-7-21(12-18)23-14-20(8-9-24(23)37)10-11-32-27-25-28(36-29(33-25)38-17-30(36,3)4)35-26(34-27)22-13-19(2)15-31-16-22/h5-9,12-16,37H,10-11,17H2,1-4H3,(H,32,34,35). The molecule has 0 radical (unpaired) electrons. The molecule has 4 heterocycles. The van der Waals surface area contributed by atoms with Crippen LogP contribution >= 0.6 is 0 Å². The van der Waals surface area contributed by atoms with Crippen LogP contribution in [-0.4, -0.2) is 42.8 Å². The van der Waals surface area contributed by atoms with Gasteiger partial charge in [0.1, 0.15) is 12.4 Å². The Morgan fingerprint density at radius 1 is 0.974 bits per heavy atom. The Morgan fingerprint density at radius 3 is 2.63 bits per heavy atom. The van der Waals surface area contributed by atoms with Crippen LogP contribution in [0.25, 0.3) is 33.7 Å². The largest absolute Gasteiger partial charge is 0.507 e. The Hall–Kier alpha value is -4.46. The zero-order valence-corrected chi connectivity index (χ0v) is 22.0. The summed E-state index contributed by atoms with van der Waals surface area (Å²) in [6.07, 6.45) is 4.34. The molecular formula is C30H30N6O2. The number of nitrogens with zero attached hydrogens (tertiary/aromatic N) is 5. The third kappa shape index (κ3) is 4.32. The van der Waals surface area contributed by atoms with Crippen LogP contribution < -0.4 is 10.1 Å². The quantitative estimate of drug-likeness (QED) is 0.307. The van der Waals surface area contributed by atoms with E-state index in [1.807, 2.05) is 43.5 Å². The van der Waals surface area contributed by atoms with E-state index in [1.54, 1.807) is 12.3 Å². The van der Waals surface area contributed by atoms with Gasteiger partial charge in [-0.25, -0.2) is 9.97 Å². The van der Waals surface area contributed by atoms with Crippen LogP contribution in [0.3, 0.4) is 0 Å². The Kier molecular flexibility index (Phi) is 5.75. The number of phenolic OH excluding ortho intramolecular Hbond substituents is 1. The zero-order valence-electron chi connectivity index (χ0n) is 22.0. The van der Waals surface area contributed by atoms with Crippen LogP contribution in [0.15, 0.2) is 60.9 Å². The van der Waals surface area contributed by atoms with Gasteiger partial charge in [0.2, 0.25) is 0 Å². The minimum absolute atomic E-state index is 0.268. The normalized spacial score (nSPS) is 13.9. The molecule has 5 aromatic rings. The lowest BCUT2D eigenvalue weighted by molar-refractivity contribution is 0.268. The van der Waals surface area contributed by atoms with E-state index in [9.17, 15) is 5.11 Å². The molecule has 1 aliphatic rings. The van der Waals surface area contributed by atoms with E-state index in [0.29, 0.717) is 36.3 Å². The van der Waals surface area contributed by atoms with E-state index >= 15 is 0 Å². The average molecular weight is 507 g/mol. The highest BCUT2D eigenvalue weighted by Gasteiger charge is 2.36. The van der Waals surface area contributed by atoms with Crippen LogP contribution in [0, 0.1) is 13.8 Å². The number of benzene rings is 2. The Balaban J connectivity index is 1.33. The van der Waals surface area contributed by atoms with Gasteiger partial charge >= 0.3 is 0 Å². The summed E-state index contributed by atoms with van der Waals surface area (Å²) >= 11 is 0. The van der Waals surface area contributed by atoms with Gasteiger partial charge in [-0.2, -0.15) is 4.98 Å². The van der Waals surface area contributed by atoms with Crippen molar-refractivity contribution in [3.05, 3.63) is 77.6 Å². The van der Waals surface area contributed by atoms with Crippen molar-refractivity contribution in [2.45, 2.75) is 39.7 Å². The van der Waals surface area contributed by atoms with Crippen LogP contribution in [0.4, 0.5) is 5.82 Å². The van der Waals surface area contributed by atoms with Gasteiger partial charge in [-0.1, -0.05) is 35.9 Å². The van der Waals surface area contributed by atoms with E-state index < -0.39 is 0 Å². The predicted octanol–water partition coefficient (Wildman–Crippen LogP) is 5.66. The fourth-order valence-corrected chi connectivity index (χ4v) is 4.92. The minimum atomic E-state index is -0.268. The third-order valence-electron chi connectivity index (χ3n) is 6.87. The molecule has 38 heavy (non-hydrogen) atoms. The number of hydrogen-bond donors (Lipinski definition) is 2. The molecule has 0 unspecified atom stereocenters. The van der Waals surface area contributed by atoms with Crippen molar-refractivity contribution in [3.8, 4) is 34.3 Å². The highest BCUT2D eigenvalue weighted by Crippen LogP contribution is 2.37. The molecule has 8 nitrogen and oxygen atoms in total.